The molecular weight excluding hydrogens is 262 g/mol. The maximum atomic E-state index is 12.1. The molecule has 0 radical (unpaired) electrons. The van der Waals surface area contributed by atoms with Crippen LogP contribution < -0.4 is 10.6 Å². The van der Waals surface area contributed by atoms with Crippen LogP contribution in [0.5, 0.6) is 0 Å². The second-order valence-corrected chi connectivity index (χ2v) is 6.02. The van der Waals surface area contributed by atoms with Gasteiger partial charge in [-0.25, -0.2) is 0 Å². The minimum atomic E-state index is 0.0610. The maximum Gasteiger partial charge on any atom is 0.236 e. The molecule has 1 aromatic heterocycles. The average molecular weight is 279 g/mol. The van der Waals surface area contributed by atoms with E-state index in [0.29, 0.717) is 19.5 Å². The van der Waals surface area contributed by atoms with Gasteiger partial charge in [-0.2, -0.15) is 0 Å². The first-order valence-corrected chi connectivity index (χ1v) is 7.43. The number of carbonyl (C=O) groups excluding carboxylic acids is 2. The normalized spacial score (nSPS) is 22.2. The van der Waals surface area contributed by atoms with Gasteiger partial charge in [0, 0.05) is 37.0 Å². The lowest BCUT2D eigenvalue weighted by atomic mass is 10.1. The van der Waals surface area contributed by atoms with E-state index in [9.17, 15) is 9.59 Å². The van der Waals surface area contributed by atoms with Crippen LogP contribution in [0.1, 0.15) is 16.9 Å². The van der Waals surface area contributed by atoms with Crippen molar-refractivity contribution in [3.63, 3.8) is 0 Å². The molecule has 0 aromatic carbocycles. The molecule has 1 atom stereocenters. The van der Waals surface area contributed by atoms with Crippen molar-refractivity contribution >= 4 is 23.2 Å². The highest BCUT2D eigenvalue weighted by atomic mass is 32.1. The van der Waals surface area contributed by atoms with E-state index >= 15 is 0 Å². The SMILES string of the molecule is O=C1CC(NCC(=O)N2CCc3sccc3C2)CN1. The molecule has 0 aliphatic carbocycles. The van der Waals surface area contributed by atoms with Crippen LogP contribution in [0.4, 0.5) is 0 Å². The number of thiophene rings is 1. The van der Waals surface area contributed by atoms with Gasteiger partial charge in [0.2, 0.25) is 11.8 Å². The lowest BCUT2D eigenvalue weighted by molar-refractivity contribution is -0.131. The van der Waals surface area contributed by atoms with Crippen LogP contribution >= 0.6 is 11.3 Å². The molecule has 0 bridgehead atoms. The molecule has 1 fully saturated rings. The molecule has 2 aliphatic heterocycles. The predicted octanol–water partition coefficient (Wildman–Crippen LogP) is 0.111. The van der Waals surface area contributed by atoms with Gasteiger partial charge in [0.05, 0.1) is 6.54 Å². The van der Waals surface area contributed by atoms with Crippen LogP contribution in [0.3, 0.4) is 0 Å². The first kappa shape index (κ1) is 12.6. The minimum Gasteiger partial charge on any atom is -0.354 e. The molecule has 102 valence electrons. The van der Waals surface area contributed by atoms with Crippen molar-refractivity contribution in [1.82, 2.24) is 15.5 Å². The van der Waals surface area contributed by atoms with Crippen LogP contribution in [0, 0.1) is 0 Å². The van der Waals surface area contributed by atoms with Gasteiger partial charge >= 0.3 is 0 Å². The molecule has 0 spiro atoms. The second-order valence-electron chi connectivity index (χ2n) is 5.02. The fraction of sp³-hybridized carbons (Fsp3) is 0.538. The van der Waals surface area contributed by atoms with Gasteiger partial charge in [0.25, 0.3) is 0 Å². The third-order valence-corrected chi connectivity index (χ3v) is 4.70. The van der Waals surface area contributed by atoms with E-state index < -0.39 is 0 Å². The number of fused-ring (bicyclic) bond motifs is 1. The number of nitrogens with one attached hydrogen (secondary N) is 2. The Balaban J connectivity index is 1.50. The summed E-state index contributed by atoms with van der Waals surface area (Å²) in [5.41, 5.74) is 1.28. The Kier molecular flexibility index (Phi) is 3.52. The molecule has 6 heteroatoms. The van der Waals surface area contributed by atoms with E-state index in [2.05, 4.69) is 22.1 Å². The second kappa shape index (κ2) is 5.30. The maximum absolute atomic E-state index is 12.1. The molecule has 1 unspecified atom stereocenters. The standard InChI is InChI=1S/C13H17N3O2S/c17-12-5-10(6-15-12)14-7-13(18)16-3-1-11-9(8-16)2-4-19-11/h2,4,10,14H,1,3,5-8H2,(H,15,17). The zero-order valence-corrected chi connectivity index (χ0v) is 11.5. The molecule has 19 heavy (non-hydrogen) atoms. The molecule has 3 heterocycles. The first-order chi connectivity index (χ1) is 9.22. The summed E-state index contributed by atoms with van der Waals surface area (Å²) in [6.07, 6.45) is 1.43. The number of hydrogen-bond donors (Lipinski definition) is 2. The smallest absolute Gasteiger partial charge is 0.236 e. The van der Waals surface area contributed by atoms with E-state index in [1.54, 1.807) is 11.3 Å². The number of nitrogens with zero attached hydrogens (tertiary/aromatic N) is 1. The average Bonchev–Trinajstić information content (AvgIpc) is 3.03. The summed E-state index contributed by atoms with van der Waals surface area (Å²) < 4.78 is 0. The molecule has 2 N–H and O–H groups in total. The lowest BCUT2D eigenvalue weighted by Gasteiger charge is -2.27. The third kappa shape index (κ3) is 2.79. The van der Waals surface area contributed by atoms with E-state index in [0.717, 1.165) is 19.5 Å². The molecule has 3 rings (SSSR count). The highest BCUT2D eigenvalue weighted by Crippen LogP contribution is 2.23. The Bertz CT molecular complexity index is 500. The predicted molar refractivity (Wildman–Crippen MR) is 72.9 cm³/mol. The number of amides is 2. The van der Waals surface area contributed by atoms with Gasteiger partial charge in [-0.15, -0.1) is 11.3 Å². The van der Waals surface area contributed by atoms with Crippen LogP contribution in [0.15, 0.2) is 11.4 Å². The third-order valence-electron chi connectivity index (χ3n) is 3.68. The van der Waals surface area contributed by atoms with Crippen molar-refractivity contribution in [2.24, 2.45) is 0 Å². The summed E-state index contributed by atoms with van der Waals surface area (Å²) in [4.78, 5) is 26.5. The van der Waals surface area contributed by atoms with Crippen molar-refractivity contribution in [3.05, 3.63) is 21.9 Å². The summed E-state index contributed by atoms with van der Waals surface area (Å²) in [5.74, 6) is 0.182. The zero-order valence-electron chi connectivity index (χ0n) is 10.6. The molecule has 2 aliphatic rings. The number of rotatable bonds is 3. The summed E-state index contributed by atoms with van der Waals surface area (Å²) in [6, 6.07) is 2.20. The molecule has 0 saturated carbocycles. The monoisotopic (exact) mass is 279 g/mol. The largest absolute Gasteiger partial charge is 0.354 e. The Morgan fingerprint density at radius 1 is 1.58 bits per heavy atom. The molecule has 1 aromatic rings. The van der Waals surface area contributed by atoms with Gasteiger partial charge in [-0.3, -0.25) is 9.59 Å². The highest BCUT2D eigenvalue weighted by Gasteiger charge is 2.24. The summed E-state index contributed by atoms with van der Waals surface area (Å²) in [7, 11) is 0. The summed E-state index contributed by atoms with van der Waals surface area (Å²) in [5, 5.41) is 8.00. The van der Waals surface area contributed by atoms with E-state index in [1.807, 2.05) is 4.90 Å². The van der Waals surface area contributed by atoms with Gasteiger partial charge in [-0.05, 0) is 23.4 Å². The molecule has 5 nitrogen and oxygen atoms in total. The van der Waals surface area contributed by atoms with Crippen LogP contribution in [0.25, 0.3) is 0 Å². The van der Waals surface area contributed by atoms with Crippen molar-refractivity contribution in [3.8, 4) is 0 Å². The van der Waals surface area contributed by atoms with Gasteiger partial charge in [-0.1, -0.05) is 0 Å². The van der Waals surface area contributed by atoms with Crippen molar-refractivity contribution in [2.45, 2.75) is 25.4 Å². The van der Waals surface area contributed by atoms with Gasteiger partial charge in [0.15, 0.2) is 0 Å². The van der Waals surface area contributed by atoms with Gasteiger partial charge < -0.3 is 15.5 Å². The number of carbonyl (C=O) groups is 2. The lowest BCUT2D eigenvalue weighted by Crippen LogP contribution is -2.43. The Hall–Kier alpha value is -1.40. The van der Waals surface area contributed by atoms with Crippen LogP contribution in [0.2, 0.25) is 0 Å². The Morgan fingerprint density at radius 3 is 3.26 bits per heavy atom. The fourth-order valence-electron chi connectivity index (χ4n) is 2.55. The van der Waals surface area contributed by atoms with E-state index in [-0.39, 0.29) is 17.9 Å². The van der Waals surface area contributed by atoms with Crippen LogP contribution in [-0.2, 0) is 22.6 Å². The van der Waals surface area contributed by atoms with Crippen LogP contribution in [-0.4, -0.2) is 42.4 Å². The summed E-state index contributed by atoms with van der Waals surface area (Å²) in [6.45, 7) is 2.47. The topological polar surface area (TPSA) is 61.4 Å². The Morgan fingerprint density at radius 2 is 2.47 bits per heavy atom. The zero-order chi connectivity index (χ0) is 13.2. The molecular formula is C13H17N3O2S. The summed E-state index contributed by atoms with van der Waals surface area (Å²) >= 11 is 1.77. The first-order valence-electron chi connectivity index (χ1n) is 6.55. The highest BCUT2D eigenvalue weighted by molar-refractivity contribution is 7.10. The minimum absolute atomic E-state index is 0.0610. The van der Waals surface area contributed by atoms with Crippen molar-refractivity contribution in [2.75, 3.05) is 19.6 Å². The fourth-order valence-corrected chi connectivity index (χ4v) is 3.44. The van der Waals surface area contributed by atoms with Crippen molar-refractivity contribution < 1.29 is 9.59 Å². The molecule has 2 amide bonds. The molecule has 1 saturated heterocycles. The van der Waals surface area contributed by atoms with Gasteiger partial charge in [0.1, 0.15) is 0 Å². The number of hydrogen-bond acceptors (Lipinski definition) is 4. The van der Waals surface area contributed by atoms with E-state index in [4.69, 9.17) is 0 Å². The van der Waals surface area contributed by atoms with E-state index in [1.165, 1.54) is 10.4 Å². The van der Waals surface area contributed by atoms with Crippen molar-refractivity contribution in [1.29, 1.82) is 0 Å². The quantitative estimate of drug-likeness (QED) is 0.825. The Labute approximate surface area is 116 Å².